The monoisotopic (exact) mass is 265 g/mol. The summed E-state index contributed by atoms with van der Waals surface area (Å²) in [5, 5.41) is 8.81. The van der Waals surface area contributed by atoms with E-state index < -0.39 is 0 Å². The maximum absolute atomic E-state index is 8.81. The van der Waals surface area contributed by atoms with Crippen molar-refractivity contribution in [3.8, 4) is 6.07 Å². The van der Waals surface area contributed by atoms with Crippen molar-refractivity contribution in [1.82, 2.24) is 4.98 Å². The molecule has 1 aliphatic heterocycles. The van der Waals surface area contributed by atoms with Gasteiger partial charge in [-0.1, -0.05) is 0 Å². The van der Waals surface area contributed by atoms with Crippen LogP contribution in [0.2, 0.25) is 0 Å². The number of hydrogen-bond donors (Lipinski definition) is 0. The van der Waals surface area contributed by atoms with Crippen LogP contribution < -0.4 is 4.90 Å². The number of pyridine rings is 1. The molecule has 0 unspecified atom stereocenters. The van der Waals surface area contributed by atoms with Gasteiger partial charge >= 0.3 is 0 Å². The lowest BCUT2D eigenvalue weighted by atomic mass is 9.98. The normalized spacial score (nSPS) is 17.5. The van der Waals surface area contributed by atoms with Crippen molar-refractivity contribution in [3.63, 3.8) is 0 Å². The largest absolute Gasteiger partial charge is 0.370 e. The molecule has 0 aliphatic carbocycles. The molecule has 0 radical (unpaired) electrons. The summed E-state index contributed by atoms with van der Waals surface area (Å²) in [6.45, 7) is 1.92. The molecule has 1 aromatic rings. The van der Waals surface area contributed by atoms with Gasteiger partial charge in [0.25, 0.3) is 0 Å². The topological polar surface area (TPSA) is 39.9 Å². The summed E-state index contributed by atoms with van der Waals surface area (Å²) < 4.78 is 1.03. The Morgan fingerprint density at radius 1 is 1.47 bits per heavy atom. The molecule has 1 aliphatic rings. The highest BCUT2D eigenvalue weighted by Gasteiger charge is 2.19. The van der Waals surface area contributed by atoms with Crippen LogP contribution >= 0.6 is 15.9 Å². The van der Waals surface area contributed by atoms with E-state index >= 15 is 0 Å². The molecule has 0 spiro atoms. The van der Waals surface area contributed by atoms with Crippen LogP contribution in [0.3, 0.4) is 0 Å². The van der Waals surface area contributed by atoms with Crippen LogP contribution in [0.1, 0.15) is 12.8 Å². The van der Waals surface area contributed by atoms with Crippen molar-refractivity contribution in [2.24, 2.45) is 5.92 Å². The minimum Gasteiger partial charge on any atom is -0.370 e. The molecule has 78 valence electrons. The fourth-order valence-corrected chi connectivity index (χ4v) is 2.37. The van der Waals surface area contributed by atoms with Crippen LogP contribution in [0.25, 0.3) is 0 Å². The molecule has 3 nitrogen and oxygen atoms in total. The van der Waals surface area contributed by atoms with Gasteiger partial charge in [-0.3, -0.25) is 4.98 Å². The predicted octanol–water partition coefficient (Wildman–Crippen LogP) is 2.58. The highest BCUT2D eigenvalue weighted by atomic mass is 79.9. The summed E-state index contributed by atoms with van der Waals surface area (Å²) >= 11 is 3.49. The van der Waals surface area contributed by atoms with Crippen molar-refractivity contribution in [2.45, 2.75) is 12.8 Å². The van der Waals surface area contributed by atoms with Crippen LogP contribution in [-0.2, 0) is 0 Å². The molecular formula is C11H12BrN3. The van der Waals surface area contributed by atoms with Gasteiger partial charge in [0.05, 0.1) is 16.2 Å². The summed E-state index contributed by atoms with van der Waals surface area (Å²) in [6.07, 6.45) is 5.54. The van der Waals surface area contributed by atoms with Gasteiger partial charge in [0.2, 0.25) is 0 Å². The molecule has 0 N–H and O–H groups in total. The van der Waals surface area contributed by atoms with Gasteiger partial charge in [0.1, 0.15) is 0 Å². The van der Waals surface area contributed by atoms with Crippen molar-refractivity contribution in [1.29, 1.82) is 5.26 Å². The Bertz CT molecular complexity index is 378. The highest BCUT2D eigenvalue weighted by molar-refractivity contribution is 9.10. The highest BCUT2D eigenvalue weighted by Crippen LogP contribution is 2.28. The zero-order valence-corrected chi connectivity index (χ0v) is 9.94. The fourth-order valence-electron chi connectivity index (χ4n) is 1.87. The summed E-state index contributed by atoms with van der Waals surface area (Å²) in [4.78, 5) is 6.35. The molecule has 0 amide bonds. The average molecular weight is 266 g/mol. The van der Waals surface area contributed by atoms with Crippen molar-refractivity contribution >= 4 is 21.6 Å². The van der Waals surface area contributed by atoms with Gasteiger partial charge in [0.15, 0.2) is 0 Å². The predicted molar refractivity (Wildman–Crippen MR) is 62.5 cm³/mol. The van der Waals surface area contributed by atoms with Crippen LogP contribution in [0, 0.1) is 17.2 Å². The minimum absolute atomic E-state index is 0.238. The smallest absolute Gasteiger partial charge is 0.0657 e. The second-order valence-corrected chi connectivity index (χ2v) is 4.57. The first-order valence-corrected chi connectivity index (χ1v) is 5.84. The first-order valence-electron chi connectivity index (χ1n) is 5.05. The maximum Gasteiger partial charge on any atom is 0.0657 e. The van der Waals surface area contributed by atoms with E-state index in [1.165, 1.54) is 5.69 Å². The summed E-state index contributed by atoms with van der Waals surface area (Å²) in [5.41, 5.74) is 1.18. The van der Waals surface area contributed by atoms with E-state index in [1.54, 1.807) is 6.20 Å². The molecule has 15 heavy (non-hydrogen) atoms. The van der Waals surface area contributed by atoms with Crippen LogP contribution in [-0.4, -0.2) is 18.1 Å². The summed E-state index contributed by atoms with van der Waals surface area (Å²) in [7, 11) is 0. The first kappa shape index (κ1) is 10.4. The molecule has 1 aromatic heterocycles. The molecule has 2 rings (SSSR count). The molecule has 0 atom stereocenters. The standard InChI is InChI=1S/C11H12BrN3/c12-10-8-14-4-1-11(10)15-5-2-9(7-13)3-6-15/h1,4,8-9H,2-3,5-6H2. The van der Waals surface area contributed by atoms with E-state index in [-0.39, 0.29) is 5.92 Å². The van der Waals surface area contributed by atoms with E-state index in [0.29, 0.717) is 0 Å². The number of nitriles is 1. The Kier molecular flexibility index (Phi) is 3.22. The van der Waals surface area contributed by atoms with E-state index in [2.05, 4.69) is 31.9 Å². The van der Waals surface area contributed by atoms with Gasteiger partial charge < -0.3 is 4.90 Å². The third kappa shape index (κ3) is 2.29. The molecule has 2 heterocycles. The van der Waals surface area contributed by atoms with Gasteiger partial charge in [-0.05, 0) is 34.8 Å². The Morgan fingerprint density at radius 2 is 2.20 bits per heavy atom. The van der Waals surface area contributed by atoms with Crippen molar-refractivity contribution < 1.29 is 0 Å². The minimum atomic E-state index is 0.238. The van der Waals surface area contributed by atoms with Gasteiger partial charge in [0, 0.05) is 31.4 Å². The van der Waals surface area contributed by atoms with Gasteiger partial charge in [-0.15, -0.1) is 0 Å². The summed E-state index contributed by atoms with van der Waals surface area (Å²) in [5.74, 6) is 0.238. The van der Waals surface area contributed by atoms with E-state index in [4.69, 9.17) is 5.26 Å². The summed E-state index contributed by atoms with van der Waals surface area (Å²) in [6, 6.07) is 4.35. The number of aromatic nitrogens is 1. The van der Waals surface area contributed by atoms with Crippen LogP contribution in [0.4, 0.5) is 5.69 Å². The second-order valence-electron chi connectivity index (χ2n) is 3.72. The molecule has 0 bridgehead atoms. The number of piperidine rings is 1. The van der Waals surface area contributed by atoms with Crippen molar-refractivity contribution in [2.75, 3.05) is 18.0 Å². The Labute approximate surface area is 97.9 Å². The lowest BCUT2D eigenvalue weighted by Gasteiger charge is -2.31. The zero-order chi connectivity index (χ0) is 10.7. The first-order chi connectivity index (χ1) is 7.31. The second kappa shape index (κ2) is 4.63. The Balaban J connectivity index is 2.08. The number of halogens is 1. The number of nitrogens with zero attached hydrogens (tertiary/aromatic N) is 3. The van der Waals surface area contributed by atoms with E-state index in [9.17, 15) is 0 Å². The number of hydrogen-bond acceptors (Lipinski definition) is 3. The Morgan fingerprint density at radius 3 is 2.80 bits per heavy atom. The molecule has 0 saturated carbocycles. The lowest BCUT2D eigenvalue weighted by Crippen LogP contribution is -2.33. The van der Waals surface area contributed by atoms with Crippen LogP contribution in [0.15, 0.2) is 22.9 Å². The molecule has 0 aromatic carbocycles. The third-order valence-electron chi connectivity index (χ3n) is 2.77. The third-order valence-corrected chi connectivity index (χ3v) is 3.38. The molecular weight excluding hydrogens is 254 g/mol. The van der Waals surface area contributed by atoms with Crippen LogP contribution in [0.5, 0.6) is 0 Å². The zero-order valence-electron chi connectivity index (χ0n) is 8.36. The molecule has 4 heteroatoms. The quantitative estimate of drug-likeness (QED) is 0.784. The fraction of sp³-hybridized carbons (Fsp3) is 0.455. The van der Waals surface area contributed by atoms with E-state index in [0.717, 1.165) is 30.4 Å². The molecule has 1 fully saturated rings. The maximum atomic E-state index is 8.81. The van der Waals surface area contributed by atoms with E-state index in [1.807, 2.05) is 12.3 Å². The average Bonchev–Trinajstić information content (AvgIpc) is 2.30. The lowest BCUT2D eigenvalue weighted by molar-refractivity contribution is 0.487. The van der Waals surface area contributed by atoms with Crippen molar-refractivity contribution in [3.05, 3.63) is 22.9 Å². The molecule has 1 saturated heterocycles. The van der Waals surface area contributed by atoms with Gasteiger partial charge in [-0.2, -0.15) is 5.26 Å². The number of anilines is 1. The Hall–Kier alpha value is -1.08. The SMILES string of the molecule is N#CC1CCN(c2ccncc2Br)CC1. The van der Waals surface area contributed by atoms with Gasteiger partial charge in [-0.25, -0.2) is 0 Å². The number of rotatable bonds is 1.